The Morgan fingerprint density at radius 2 is 1.93 bits per heavy atom. The molecule has 2 aromatic rings. The van der Waals surface area contributed by atoms with E-state index in [0.717, 1.165) is 17.7 Å². The third-order valence-electron chi connectivity index (χ3n) is 4.35. The maximum atomic E-state index is 12.6. The average molecular weight is 441 g/mol. The van der Waals surface area contributed by atoms with Crippen molar-refractivity contribution in [3.05, 3.63) is 47.5 Å². The van der Waals surface area contributed by atoms with Crippen molar-refractivity contribution < 1.29 is 17.9 Å². The molecule has 1 N–H and O–H groups in total. The fraction of sp³-hybridized carbons (Fsp3) is 0.316. The molecule has 28 heavy (non-hydrogen) atoms. The molecule has 0 aliphatic carbocycles. The predicted molar refractivity (Wildman–Crippen MR) is 112 cm³/mol. The van der Waals surface area contributed by atoms with Gasteiger partial charge in [-0.2, -0.15) is 4.31 Å². The van der Waals surface area contributed by atoms with Crippen LogP contribution >= 0.6 is 23.4 Å². The molecule has 0 radical (unpaired) electrons. The maximum Gasteiger partial charge on any atom is 0.262 e. The van der Waals surface area contributed by atoms with Gasteiger partial charge in [0.25, 0.3) is 5.91 Å². The number of ether oxygens (including phenoxy) is 1. The standard InChI is InChI=1S/C19H21ClN2O4S2/c1-27-18-7-3-2-6-16(18)21-19(23)13-26-17-9-8-14(12-15(17)20)28(24,25)22-10-4-5-11-22/h2-3,6-9,12H,4-5,10-11,13H2,1H3,(H,21,23). The van der Waals surface area contributed by atoms with Gasteiger partial charge >= 0.3 is 0 Å². The van der Waals surface area contributed by atoms with E-state index in [-0.39, 0.29) is 28.2 Å². The Labute approximate surface area is 174 Å². The van der Waals surface area contributed by atoms with Gasteiger partial charge in [0.2, 0.25) is 10.0 Å². The van der Waals surface area contributed by atoms with Crippen molar-refractivity contribution in [2.75, 3.05) is 31.3 Å². The summed E-state index contributed by atoms with van der Waals surface area (Å²) in [6, 6.07) is 11.8. The maximum absolute atomic E-state index is 12.6. The number of rotatable bonds is 7. The molecule has 0 atom stereocenters. The molecule has 0 aromatic heterocycles. The second-order valence-corrected chi connectivity index (χ2v) is 9.43. The molecule has 9 heteroatoms. The molecule has 0 spiro atoms. The number of hydrogen-bond acceptors (Lipinski definition) is 5. The summed E-state index contributed by atoms with van der Waals surface area (Å²) in [5, 5.41) is 2.94. The van der Waals surface area contributed by atoms with Crippen LogP contribution in [-0.2, 0) is 14.8 Å². The largest absolute Gasteiger partial charge is 0.482 e. The first kappa shape index (κ1) is 21.0. The normalized spacial score (nSPS) is 14.8. The Morgan fingerprint density at radius 1 is 1.21 bits per heavy atom. The Kier molecular flexibility index (Phi) is 6.87. The number of para-hydroxylation sites is 1. The van der Waals surface area contributed by atoms with Crippen LogP contribution in [0, 0.1) is 0 Å². The SMILES string of the molecule is CSc1ccccc1NC(=O)COc1ccc(S(=O)(=O)N2CCCC2)cc1Cl. The number of carbonyl (C=O) groups excluding carboxylic acids is 1. The number of thioether (sulfide) groups is 1. The molecule has 1 saturated heterocycles. The Bertz CT molecular complexity index is 960. The number of hydrogen-bond donors (Lipinski definition) is 1. The number of halogens is 1. The lowest BCUT2D eigenvalue weighted by atomic mass is 10.3. The zero-order valence-electron chi connectivity index (χ0n) is 15.4. The molecule has 1 fully saturated rings. The van der Waals surface area contributed by atoms with Gasteiger partial charge in [0, 0.05) is 18.0 Å². The fourth-order valence-corrected chi connectivity index (χ4v) is 5.31. The molecule has 3 rings (SSSR count). The molecule has 1 aliphatic rings. The number of amides is 1. The topological polar surface area (TPSA) is 75.7 Å². The van der Waals surface area contributed by atoms with Crippen molar-refractivity contribution in [3.63, 3.8) is 0 Å². The van der Waals surface area contributed by atoms with Gasteiger partial charge in [-0.3, -0.25) is 4.79 Å². The highest BCUT2D eigenvalue weighted by molar-refractivity contribution is 7.98. The molecule has 0 unspecified atom stereocenters. The molecule has 1 heterocycles. The van der Waals surface area contributed by atoms with Crippen molar-refractivity contribution in [1.29, 1.82) is 0 Å². The molecular formula is C19H21ClN2O4S2. The van der Waals surface area contributed by atoms with E-state index < -0.39 is 10.0 Å². The Morgan fingerprint density at radius 3 is 2.61 bits per heavy atom. The predicted octanol–water partition coefficient (Wildman–Crippen LogP) is 3.86. The second kappa shape index (κ2) is 9.17. The highest BCUT2D eigenvalue weighted by atomic mass is 35.5. The Balaban J connectivity index is 1.64. The summed E-state index contributed by atoms with van der Waals surface area (Å²) in [4.78, 5) is 13.3. The minimum Gasteiger partial charge on any atom is -0.482 e. The van der Waals surface area contributed by atoms with Crippen molar-refractivity contribution >= 4 is 45.0 Å². The lowest BCUT2D eigenvalue weighted by Gasteiger charge is -2.16. The average Bonchev–Trinajstić information content (AvgIpc) is 3.23. The molecule has 1 aliphatic heterocycles. The zero-order chi connectivity index (χ0) is 20.1. The number of nitrogens with one attached hydrogen (secondary N) is 1. The number of anilines is 1. The summed E-state index contributed by atoms with van der Waals surface area (Å²) >= 11 is 7.72. The van der Waals surface area contributed by atoms with E-state index in [1.54, 1.807) is 0 Å². The van der Waals surface area contributed by atoms with Crippen molar-refractivity contribution in [1.82, 2.24) is 4.31 Å². The minimum atomic E-state index is -3.55. The third-order valence-corrected chi connectivity index (χ3v) is 7.33. The zero-order valence-corrected chi connectivity index (χ0v) is 17.7. The van der Waals surface area contributed by atoms with Gasteiger partial charge in [-0.05, 0) is 49.4 Å². The van der Waals surface area contributed by atoms with E-state index in [1.807, 2.05) is 30.5 Å². The van der Waals surface area contributed by atoms with E-state index in [9.17, 15) is 13.2 Å². The van der Waals surface area contributed by atoms with Crippen LogP contribution in [0.3, 0.4) is 0 Å². The summed E-state index contributed by atoms with van der Waals surface area (Å²) in [6.45, 7) is 0.812. The number of carbonyl (C=O) groups is 1. The Hall–Kier alpha value is -1.74. The van der Waals surface area contributed by atoms with E-state index >= 15 is 0 Å². The molecule has 0 bridgehead atoms. The van der Waals surface area contributed by atoms with Crippen molar-refractivity contribution in [3.8, 4) is 5.75 Å². The van der Waals surface area contributed by atoms with Gasteiger partial charge in [0.1, 0.15) is 5.75 Å². The van der Waals surface area contributed by atoms with Crippen molar-refractivity contribution in [2.45, 2.75) is 22.6 Å². The lowest BCUT2D eigenvalue weighted by Crippen LogP contribution is -2.27. The highest BCUT2D eigenvalue weighted by Gasteiger charge is 2.27. The van der Waals surface area contributed by atoms with Gasteiger partial charge in [-0.25, -0.2) is 8.42 Å². The summed E-state index contributed by atoms with van der Waals surface area (Å²) in [5.74, 6) is -0.0679. The molecule has 0 saturated carbocycles. The highest BCUT2D eigenvalue weighted by Crippen LogP contribution is 2.30. The minimum absolute atomic E-state index is 0.130. The van der Waals surface area contributed by atoms with Crippen LogP contribution in [0.4, 0.5) is 5.69 Å². The summed E-state index contributed by atoms with van der Waals surface area (Å²) in [7, 11) is -3.55. The van der Waals surface area contributed by atoms with Crippen LogP contribution in [0.5, 0.6) is 5.75 Å². The van der Waals surface area contributed by atoms with Crippen LogP contribution < -0.4 is 10.1 Å². The summed E-state index contributed by atoms with van der Waals surface area (Å²) in [6.07, 6.45) is 3.66. The number of benzene rings is 2. The van der Waals surface area contributed by atoms with Crippen LogP contribution in [-0.4, -0.2) is 44.6 Å². The molecule has 1 amide bonds. The fourth-order valence-electron chi connectivity index (χ4n) is 2.91. The van der Waals surface area contributed by atoms with Crippen LogP contribution in [0.25, 0.3) is 0 Å². The van der Waals surface area contributed by atoms with Gasteiger partial charge < -0.3 is 10.1 Å². The first-order chi connectivity index (χ1) is 13.4. The first-order valence-electron chi connectivity index (χ1n) is 8.77. The molecule has 6 nitrogen and oxygen atoms in total. The van der Waals surface area contributed by atoms with Gasteiger partial charge in [-0.15, -0.1) is 11.8 Å². The van der Waals surface area contributed by atoms with Gasteiger partial charge in [-0.1, -0.05) is 23.7 Å². The third kappa shape index (κ3) is 4.81. The summed E-state index contributed by atoms with van der Waals surface area (Å²) < 4.78 is 32.1. The smallest absolute Gasteiger partial charge is 0.262 e. The van der Waals surface area contributed by atoms with E-state index in [1.165, 1.54) is 34.3 Å². The quantitative estimate of drug-likeness (QED) is 0.661. The van der Waals surface area contributed by atoms with Gasteiger partial charge in [0.15, 0.2) is 6.61 Å². The van der Waals surface area contributed by atoms with Crippen LogP contribution in [0.1, 0.15) is 12.8 Å². The monoisotopic (exact) mass is 440 g/mol. The van der Waals surface area contributed by atoms with Crippen molar-refractivity contribution in [2.24, 2.45) is 0 Å². The number of sulfonamides is 1. The molecule has 2 aromatic carbocycles. The molecular weight excluding hydrogens is 420 g/mol. The van der Waals surface area contributed by atoms with E-state index in [4.69, 9.17) is 16.3 Å². The van der Waals surface area contributed by atoms with Crippen LogP contribution in [0.2, 0.25) is 5.02 Å². The van der Waals surface area contributed by atoms with Crippen LogP contribution in [0.15, 0.2) is 52.3 Å². The molecule has 150 valence electrons. The summed E-state index contributed by atoms with van der Waals surface area (Å²) in [5.41, 5.74) is 0.710. The van der Waals surface area contributed by atoms with Gasteiger partial charge in [0.05, 0.1) is 15.6 Å². The van der Waals surface area contributed by atoms with E-state index in [0.29, 0.717) is 18.8 Å². The second-order valence-electron chi connectivity index (χ2n) is 6.24. The lowest BCUT2D eigenvalue weighted by molar-refractivity contribution is -0.118. The van der Waals surface area contributed by atoms with E-state index in [2.05, 4.69) is 5.32 Å². The number of nitrogens with zero attached hydrogens (tertiary/aromatic N) is 1. The first-order valence-corrected chi connectivity index (χ1v) is 11.8.